The van der Waals surface area contributed by atoms with E-state index in [0.29, 0.717) is 24.5 Å². The molecule has 0 saturated carbocycles. The summed E-state index contributed by atoms with van der Waals surface area (Å²) in [4.78, 5) is 40.4. The van der Waals surface area contributed by atoms with Crippen LogP contribution in [0.5, 0.6) is 0 Å². The first kappa shape index (κ1) is 25.1. The molecule has 1 fully saturated rings. The molecule has 1 N–H and O–H groups in total. The number of pyridine rings is 1. The van der Waals surface area contributed by atoms with Gasteiger partial charge in [-0.05, 0) is 25.5 Å². The predicted molar refractivity (Wildman–Crippen MR) is 135 cm³/mol. The molecule has 0 unspecified atom stereocenters. The number of likely N-dealkylation sites (tertiary alicyclic amines) is 1. The van der Waals surface area contributed by atoms with E-state index in [9.17, 15) is 13.5 Å². The maximum absolute atomic E-state index is 13.5. The van der Waals surface area contributed by atoms with E-state index in [0.717, 1.165) is 15.1 Å². The highest BCUT2D eigenvalue weighted by atomic mass is 32.2. The van der Waals surface area contributed by atoms with Crippen LogP contribution in [0.25, 0.3) is 28.1 Å². The standard InChI is InChI=1S/C22H19FN8O2S.C2H6/c1-12-3-4-17-19(26-11-30(17)7-12)16-6-25-20-18(28-16)15(10-31(20)34-23)21(32)27-13(2)22(33)29-8-14(5-24)9-29;1-2/h3-4,6-7,10-11,13-14H,8-9H2,1-2H3,(H,27,32);1-2H3/t13-;/m1./s1. The van der Waals surface area contributed by atoms with Crippen molar-refractivity contribution in [2.45, 2.75) is 33.7 Å². The van der Waals surface area contributed by atoms with Gasteiger partial charge in [0.2, 0.25) is 5.91 Å². The van der Waals surface area contributed by atoms with Crippen LogP contribution < -0.4 is 5.32 Å². The van der Waals surface area contributed by atoms with Crippen LogP contribution in [0.4, 0.5) is 3.89 Å². The molecule has 0 aliphatic carbocycles. The van der Waals surface area contributed by atoms with E-state index >= 15 is 0 Å². The number of nitrogens with one attached hydrogen (secondary N) is 1. The second kappa shape index (κ2) is 10.3. The molecule has 12 heteroatoms. The van der Waals surface area contributed by atoms with Crippen LogP contribution in [0.1, 0.15) is 36.7 Å². The first-order valence-corrected chi connectivity index (χ1v) is 12.2. The lowest BCUT2D eigenvalue weighted by atomic mass is 10.0. The van der Waals surface area contributed by atoms with Crippen molar-refractivity contribution in [3.05, 3.63) is 48.2 Å². The van der Waals surface area contributed by atoms with Gasteiger partial charge in [0.1, 0.15) is 29.3 Å². The summed E-state index contributed by atoms with van der Waals surface area (Å²) < 4.78 is 16.5. The number of hydrogen-bond donors (Lipinski definition) is 1. The van der Waals surface area contributed by atoms with E-state index in [1.165, 1.54) is 17.3 Å². The number of amides is 2. The first-order valence-electron chi connectivity index (χ1n) is 11.5. The molecular formula is C24H25FN8O2S. The monoisotopic (exact) mass is 508 g/mol. The summed E-state index contributed by atoms with van der Waals surface area (Å²) >= 11 is -0.102. The number of hydrogen-bond acceptors (Lipinski definition) is 7. The lowest BCUT2D eigenvalue weighted by molar-refractivity contribution is -0.137. The molecule has 0 aromatic carbocycles. The van der Waals surface area contributed by atoms with Crippen molar-refractivity contribution in [2.75, 3.05) is 13.1 Å². The summed E-state index contributed by atoms with van der Waals surface area (Å²) in [6.45, 7) is 8.24. The Morgan fingerprint density at radius 3 is 2.69 bits per heavy atom. The van der Waals surface area contributed by atoms with Crippen molar-refractivity contribution in [3.8, 4) is 17.5 Å². The van der Waals surface area contributed by atoms with Gasteiger partial charge in [0, 0.05) is 25.5 Å². The van der Waals surface area contributed by atoms with Crippen LogP contribution >= 0.6 is 12.3 Å². The van der Waals surface area contributed by atoms with E-state index in [1.807, 2.05) is 43.5 Å². The van der Waals surface area contributed by atoms with Crippen LogP contribution in [0, 0.1) is 24.2 Å². The molecule has 186 valence electrons. The Hall–Kier alpha value is -3.98. The van der Waals surface area contributed by atoms with Crippen molar-refractivity contribution >= 4 is 40.8 Å². The SMILES string of the molecule is CC.Cc1ccc2c(-c3cnc4c(n3)c(C(=O)N[C@H](C)C(=O)N3CC(C#N)C3)cn4SF)ncn2c1. The summed E-state index contributed by atoms with van der Waals surface area (Å²) in [5.74, 6) is -1.04. The lowest BCUT2D eigenvalue weighted by Crippen LogP contribution is -2.55. The van der Waals surface area contributed by atoms with Crippen molar-refractivity contribution < 1.29 is 13.5 Å². The Bertz CT molecular complexity index is 1480. The fourth-order valence-electron chi connectivity index (χ4n) is 3.96. The minimum atomic E-state index is -0.819. The fraction of sp³-hybridized carbons (Fsp3) is 0.333. The minimum absolute atomic E-state index is 0.0898. The zero-order valence-corrected chi connectivity index (χ0v) is 21.1. The number of aromatic nitrogens is 5. The van der Waals surface area contributed by atoms with Crippen LogP contribution in [-0.4, -0.2) is 59.2 Å². The van der Waals surface area contributed by atoms with Crippen molar-refractivity contribution in [3.63, 3.8) is 0 Å². The molecular weight excluding hydrogens is 483 g/mol. The number of halogens is 1. The van der Waals surface area contributed by atoms with Crippen LogP contribution in [0.2, 0.25) is 0 Å². The number of fused-ring (bicyclic) bond motifs is 2. The van der Waals surface area contributed by atoms with E-state index in [1.54, 1.807) is 13.3 Å². The van der Waals surface area contributed by atoms with E-state index < -0.39 is 11.9 Å². The van der Waals surface area contributed by atoms with Crippen molar-refractivity contribution in [2.24, 2.45) is 5.92 Å². The average Bonchev–Trinajstić information content (AvgIpc) is 3.45. The molecule has 1 aliphatic heterocycles. The zero-order valence-electron chi connectivity index (χ0n) is 20.3. The normalized spacial score (nSPS) is 14.1. The molecule has 4 aromatic rings. The third-order valence-corrected chi connectivity index (χ3v) is 6.22. The number of carbonyl (C=O) groups is 2. The van der Waals surface area contributed by atoms with Gasteiger partial charge in [0.25, 0.3) is 5.91 Å². The summed E-state index contributed by atoms with van der Waals surface area (Å²) in [5, 5.41) is 11.5. The van der Waals surface area contributed by atoms with Crippen molar-refractivity contribution in [1.29, 1.82) is 5.26 Å². The van der Waals surface area contributed by atoms with Crippen LogP contribution in [0.3, 0.4) is 0 Å². The van der Waals surface area contributed by atoms with Gasteiger partial charge < -0.3 is 14.6 Å². The Morgan fingerprint density at radius 2 is 2.00 bits per heavy atom. The van der Waals surface area contributed by atoms with Gasteiger partial charge in [0.15, 0.2) is 18.0 Å². The Morgan fingerprint density at radius 1 is 1.25 bits per heavy atom. The second-order valence-electron chi connectivity index (χ2n) is 8.22. The molecule has 5 rings (SSSR count). The summed E-state index contributed by atoms with van der Waals surface area (Å²) in [6.07, 6.45) is 6.39. The van der Waals surface area contributed by atoms with Gasteiger partial charge in [-0.2, -0.15) is 5.26 Å². The fourth-order valence-corrected chi connectivity index (χ4v) is 4.30. The van der Waals surface area contributed by atoms with E-state index in [-0.39, 0.29) is 40.9 Å². The molecule has 0 bridgehead atoms. The molecule has 0 radical (unpaired) electrons. The Balaban J connectivity index is 0.00000148. The molecule has 2 amide bonds. The zero-order chi connectivity index (χ0) is 26.0. The van der Waals surface area contributed by atoms with Gasteiger partial charge in [-0.1, -0.05) is 19.9 Å². The Kier molecular flexibility index (Phi) is 7.21. The van der Waals surface area contributed by atoms with E-state index in [2.05, 4.69) is 26.3 Å². The Labute approximate surface area is 211 Å². The predicted octanol–water partition coefficient (Wildman–Crippen LogP) is 3.56. The summed E-state index contributed by atoms with van der Waals surface area (Å²) in [7, 11) is 0. The molecule has 4 aromatic heterocycles. The van der Waals surface area contributed by atoms with Gasteiger partial charge in [-0.3, -0.25) is 9.59 Å². The first-order chi connectivity index (χ1) is 17.4. The molecule has 1 atom stereocenters. The highest BCUT2D eigenvalue weighted by Crippen LogP contribution is 2.28. The smallest absolute Gasteiger partial charge is 0.255 e. The van der Waals surface area contributed by atoms with E-state index in [4.69, 9.17) is 5.26 Å². The van der Waals surface area contributed by atoms with Gasteiger partial charge in [-0.15, -0.1) is 3.89 Å². The van der Waals surface area contributed by atoms with Crippen molar-refractivity contribution in [1.82, 2.24) is 33.5 Å². The summed E-state index contributed by atoms with van der Waals surface area (Å²) in [6, 6.07) is 5.16. The third-order valence-electron chi connectivity index (χ3n) is 5.80. The lowest BCUT2D eigenvalue weighted by Gasteiger charge is -2.37. The molecule has 10 nitrogen and oxygen atoms in total. The highest BCUT2D eigenvalue weighted by molar-refractivity contribution is 7.92. The minimum Gasteiger partial charge on any atom is -0.340 e. The molecule has 0 spiro atoms. The number of nitrogens with zero attached hydrogens (tertiary/aromatic N) is 7. The maximum Gasteiger partial charge on any atom is 0.255 e. The molecule has 1 aliphatic rings. The largest absolute Gasteiger partial charge is 0.340 e. The van der Waals surface area contributed by atoms with Crippen LogP contribution in [0.15, 0.2) is 37.1 Å². The van der Waals surface area contributed by atoms with Gasteiger partial charge in [0.05, 0.1) is 29.3 Å². The molecule has 5 heterocycles. The number of rotatable bonds is 5. The molecule has 1 saturated heterocycles. The van der Waals surface area contributed by atoms with Gasteiger partial charge >= 0.3 is 0 Å². The summed E-state index contributed by atoms with van der Waals surface area (Å²) in [5.41, 5.74) is 3.36. The quantitative estimate of drug-likeness (QED) is 0.437. The van der Waals surface area contributed by atoms with Gasteiger partial charge in [-0.25, -0.2) is 18.9 Å². The number of aryl methyl sites for hydroxylation is 1. The second-order valence-corrected chi connectivity index (χ2v) is 8.75. The number of carbonyl (C=O) groups excluding carboxylic acids is 2. The average molecular weight is 509 g/mol. The maximum atomic E-state index is 13.5. The highest BCUT2D eigenvalue weighted by Gasteiger charge is 2.34. The number of nitriles is 1. The third kappa shape index (κ3) is 4.49. The number of imidazole rings is 1. The topological polar surface area (TPSA) is 121 Å². The molecule has 36 heavy (non-hydrogen) atoms. The van der Waals surface area contributed by atoms with Crippen LogP contribution in [-0.2, 0) is 4.79 Å².